The molecule has 0 fully saturated rings. The first-order chi connectivity index (χ1) is 10.6. The van der Waals surface area contributed by atoms with Crippen LogP contribution in [0.15, 0.2) is 47.1 Å². The molecular weight excluding hydrogens is 278 g/mol. The SMILES string of the molecule is COCC(=O)O/N=C(/CCC=C(C)C)CCc1ccccc1. The molecule has 0 saturated carbocycles. The summed E-state index contributed by atoms with van der Waals surface area (Å²) in [5, 5.41) is 4.01. The second-order valence-corrected chi connectivity index (χ2v) is 5.36. The molecule has 0 unspecified atom stereocenters. The van der Waals surface area contributed by atoms with Crippen LogP contribution < -0.4 is 0 Å². The highest BCUT2D eigenvalue weighted by Crippen LogP contribution is 2.08. The Bertz CT molecular complexity index is 502. The number of rotatable bonds is 9. The van der Waals surface area contributed by atoms with Gasteiger partial charge in [-0.05, 0) is 45.1 Å². The summed E-state index contributed by atoms with van der Waals surface area (Å²) in [7, 11) is 1.45. The van der Waals surface area contributed by atoms with E-state index in [-0.39, 0.29) is 6.61 Å². The van der Waals surface area contributed by atoms with Crippen molar-refractivity contribution in [2.75, 3.05) is 13.7 Å². The van der Waals surface area contributed by atoms with Crippen molar-refractivity contribution in [1.29, 1.82) is 0 Å². The molecule has 120 valence electrons. The monoisotopic (exact) mass is 303 g/mol. The molecule has 1 aromatic rings. The van der Waals surface area contributed by atoms with E-state index >= 15 is 0 Å². The van der Waals surface area contributed by atoms with Crippen LogP contribution in [-0.2, 0) is 20.8 Å². The molecular formula is C18H25NO3. The number of hydrogen-bond acceptors (Lipinski definition) is 4. The number of oxime groups is 1. The third-order valence-electron chi connectivity index (χ3n) is 3.07. The molecule has 0 atom stereocenters. The van der Waals surface area contributed by atoms with Gasteiger partial charge in [0.2, 0.25) is 0 Å². The molecule has 0 spiro atoms. The predicted molar refractivity (Wildman–Crippen MR) is 88.8 cm³/mol. The smallest absolute Gasteiger partial charge is 0.360 e. The Morgan fingerprint density at radius 2 is 1.91 bits per heavy atom. The fourth-order valence-corrected chi connectivity index (χ4v) is 1.94. The van der Waals surface area contributed by atoms with Crippen LogP contribution >= 0.6 is 0 Å². The summed E-state index contributed by atoms with van der Waals surface area (Å²) in [4.78, 5) is 16.2. The molecule has 0 radical (unpaired) electrons. The number of carbonyl (C=O) groups excluding carboxylic acids is 1. The number of nitrogens with zero attached hydrogens (tertiary/aromatic N) is 1. The summed E-state index contributed by atoms with van der Waals surface area (Å²) in [6.45, 7) is 4.06. The first-order valence-electron chi connectivity index (χ1n) is 7.53. The van der Waals surface area contributed by atoms with E-state index in [0.29, 0.717) is 0 Å². The summed E-state index contributed by atoms with van der Waals surface area (Å²) in [5.74, 6) is -0.470. The Morgan fingerprint density at radius 3 is 2.55 bits per heavy atom. The molecule has 0 heterocycles. The average molecular weight is 303 g/mol. The van der Waals surface area contributed by atoms with Gasteiger partial charge in [0.15, 0.2) is 0 Å². The minimum absolute atomic E-state index is 0.0799. The second-order valence-electron chi connectivity index (χ2n) is 5.36. The Balaban J connectivity index is 2.58. The first kappa shape index (κ1) is 18.1. The van der Waals surface area contributed by atoms with Gasteiger partial charge < -0.3 is 9.57 Å². The lowest BCUT2D eigenvalue weighted by atomic mass is 10.0. The maximum atomic E-state index is 11.3. The molecule has 0 bridgehead atoms. The van der Waals surface area contributed by atoms with E-state index in [1.165, 1.54) is 18.2 Å². The van der Waals surface area contributed by atoms with E-state index in [1.807, 2.05) is 18.2 Å². The lowest BCUT2D eigenvalue weighted by molar-refractivity contribution is -0.147. The van der Waals surface area contributed by atoms with Gasteiger partial charge in [-0.25, -0.2) is 4.79 Å². The van der Waals surface area contributed by atoms with Crippen LogP contribution in [0, 0.1) is 0 Å². The molecule has 0 aliphatic rings. The molecule has 1 aromatic carbocycles. The molecule has 4 heteroatoms. The molecule has 0 aliphatic heterocycles. The van der Waals surface area contributed by atoms with E-state index in [2.05, 4.69) is 37.2 Å². The van der Waals surface area contributed by atoms with Crippen LogP contribution in [0.1, 0.15) is 38.7 Å². The second kappa shape index (κ2) is 10.7. The molecule has 22 heavy (non-hydrogen) atoms. The highest BCUT2D eigenvalue weighted by Gasteiger charge is 2.05. The van der Waals surface area contributed by atoms with E-state index in [4.69, 9.17) is 9.57 Å². The number of carbonyl (C=O) groups is 1. The summed E-state index contributed by atoms with van der Waals surface area (Å²) < 4.78 is 4.72. The zero-order chi connectivity index (χ0) is 16.2. The standard InChI is InChI=1S/C18H25NO3/c1-15(2)8-7-11-17(19-22-18(20)14-21-3)13-12-16-9-5-4-6-10-16/h4-6,8-10H,7,11-14H2,1-3H3/b19-17-. The fraction of sp³-hybridized carbons (Fsp3) is 0.444. The van der Waals surface area contributed by atoms with E-state index in [0.717, 1.165) is 31.4 Å². The minimum atomic E-state index is -0.470. The number of methoxy groups -OCH3 is 1. The van der Waals surface area contributed by atoms with Crippen molar-refractivity contribution in [1.82, 2.24) is 0 Å². The molecule has 0 saturated heterocycles. The van der Waals surface area contributed by atoms with Gasteiger partial charge in [0.05, 0.1) is 5.71 Å². The number of allylic oxidation sites excluding steroid dienone is 2. The summed E-state index contributed by atoms with van der Waals surface area (Å²) >= 11 is 0. The van der Waals surface area contributed by atoms with Crippen molar-refractivity contribution in [3.05, 3.63) is 47.5 Å². The topological polar surface area (TPSA) is 47.9 Å². The van der Waals surface area contributed by atoms with Crippen molar-refractivity contribution in [3.63, 3.8) is 0 Å². The van der Waals surface area contributed by atoms with Crippen LogP contribution in [0.4, 0.5) is 0 Å². The molecule has 0 aliphatic carbocycles. The van der Waals surface area contributed by atoms with Gasteiger partial charge >= 0.3 is 5.97 Å². The maximum Gasteiger partial charge on any atom is 0.360 e. The van der Waals surface area contributed by atoms with E-state index in [9.17, 15) is 4.79 Å². The van der Waals surface area contributed by atoms with E-state index in [1.54, 1.807) is 0 Å². The number of hydrogen-bond donors (Lipinski definition) is 0. The zero-order valence-corrected chi connectivity index (χ0v) is 13.7. The molecule has 0 aromatic heterocycles. The number of benzene rings is 1. The quantitative estimate of drug-likeness (QED) is 0.301. The lowest BCUT2D eigenvalue weighted by Crippen LogP contribution is -2.10. The Labute approximate surface area is 132 Å². The summed E-state index contributed by atoms with van der Waals surface area (Å²) in [5.41, 5.74) is 3.42. The van der Waals surface area contributed by atoms with Crippen LogP contribution in [0.5, 0.6) is 0 Å². The Kier molecular flexibility index (Phi) is 8.84. The van der Waals surface area contributed by atoms with Gasteiger partial charge in [-0.15, -0.1) is 0 Å². The average Bonchev–Trinajstić information content (AvgIpc) is 2.50. The van der Waals surface area contributed by atoms with Crippen molar-refractivity contribution in [2.45, 2.75) is 39.5 Å². The highest BCUT2D eigenvalue weighted by molar-refractivity contribution is 5.85. The summed E-state index contributed by atoms with van der Waals surface area (Å²) in [6.07, 6.45) is 5.52. The van der Waals surface area contributed by atoms with Gasteiger partial charge in [0, 0.05) is 7.11 Å². The zero-order valence-electron chi connectivity index (χ0n) is 13.7. The van der Waals surface area contributed by atoms with Crippen LogP contribution in [0.25, 0.3) is 0 Å². The normalized spacial score (nSPS) is 11.1. The maximum absolute atomic E-state index is 11.3. The van der Waals surface area contributed by atoms with Gasteiger partial charge in [-0.2, -0.15) is 0 Å². The first-order valence-corrected chi connectivity index (χ1v) is 7.53. The lowest BCUT2D eigenvalue weighted by Gasteiger charge is -2.06. The summed E-state index contributed by atoms with van der Waals surface area (Å²) in [6, 6.07) is 10.2. The molecule has 0 N–H and O–H groups in total. The fourth-order valence-electron chi connectivity index (χ4n) is 1.94. The third kappa shape index (κ3) is 8.37. The van der Waals surface area contributed by atoms with Crippen molar-refractivity contribution >= 4 is 11.7 Å². The van der Waals surface area contributed by atoms with Crippen LogP contribution in [0.3, 0.4) is 0 Å². The highest BCUT2D eigenvalue weighted by atomic mass is 16.7. The van der Waals surface area contributed by atoms with E-state index < -0.39 is 5.97 Å². The largest absolute Gasteiger partial charge is 0.373 e. The third-order valence-corrected chi connectivity index (χ3v) is 3.07. The van der Waals surface area contributed by atoms with Gasteiger partial charge in [-0.1, -0.05) is 47.1 Å². The van der Waals surface area contributed by atoms with Gasteiger partial charge in [-0.3, -0.25) is 0 Å². The number of aryl methyl sites for hydroxylation is 1. The Hall–Kier alpha value is -1.94. The van der Waals surface area contributed by atoms with Gasteiger partial charge in [0.25, 0.3) is 0 Å². The molecule has 0 amide bonds. The minimum Gasteiger partial charge on any atom is -0.373 e. The molecule has 4 nitrogen and oxygen atoms in total. The number of ether oxygens (including phenoxy) is 1. The van der Waals surface area contributed by atoms with Crippen molar-refractivity contribution in [2.24, 2.45) is 5.16 Å². The van der Waals surface area contributed by atoms with Gasteiger partial charge in [0.1, 0.15) is 6.61 Å². The van der Waals surface area contributed by atoms with Crippen LogP contribution in [-0.4, -0.2) is 25.4 Å². The molecule has 1 rings (SSSR count). The van der Waals surface area contributed by atoms with Crippen molar-refractivity contribution < 1.29 is 14.4 Å². The van der Waals surface area contributed by atoms with Crippen LogP contribution in [0.2, 0.25) is 0 Å². The predicted octanol–water partition coefficient (Wildman–Crippen LogP) is 3.91. The Morgan fingerprint density at radius 1 is 1.18 bits per heavy atom. The van der Waals surface area contributed by atoms with Crippen molar-refractivity contribution in [3.8, 4) is 0 Å².